The van der Waals surface area contributed by atoms with Gasteiger partial charge in [0.05, 0.1) is 39.9 Å². The van der Waals surface area contributed by atoms with Crippen molar-refractivity contribution in [3.05, 3.63) is 182 Å². The van der Waals surface area contributed by atoms with Crippen LogP contribution < -0.4 is 16.6 Å². The molecule has 0 aliphatic carbocycles. The zero-order valence-corrected chi connectivity index (χ0v) is 27.5. The van der Waals surface area contributed by atoms with Crippen LogP contribution in [-0.4, -0.2) is 15.6 Å². The van der Waals surface area contributed by atoms with Crippen LogP contribution >= 0.6 is 0 Å². The Morgan fingerprint density at radius 1 is 0.667 bits per heavy atom. The van der Waals surface area contributed by atoms with Crippen LogP contribution in [0.25, 0.3) is 38.9 Å². The Labute approximate surface area is 302 Å². The smallest absolute Gasteiger partial charge is 0.426 e. The minimum atomic E-state index is -0.886. The Bertz CT molecular complexity index is 2790. The molecule has 13 heteroatoms. The lowest BCUT2D eigenvalue weighted by atomic mass is 10.0. The minimum absolute atomic E-state index is 0.0474. The zero-order valence-electron chi connectivity index (χ0n) is 27.5. The van der Waals surface area contributed by atoms with Crippen LogP contribution in [-0.2, 0) is 0 Å². The fourth-order valence-corrected chi connectivity index (χ4v) is 5.36. The van der Waals surface area contributed by atoms with Gasteiger partial charge in [-0.25, -0.2) is 26.9 Å². The highest BCUT2D eigenvalue weighted by molar-refractivity contribution is 6.07. The average Bonchev–Trinajstić information content (AvgIpc) is 3.16. The first-order chi connectivity index (χ1) is 25.9. The Balaban J connectivity index is 0.000000185. The van der Waals surface area contributed by atoms with Gasteiger partial charge in [-0.3, -0.25) is 9.59 Å². The molecule has 264 valence electrons. The number of aromatic hydroxyl groups is 1. The molecule has 0 aliphatic heterocycles. The van der Waals surface area contributed by atoms with Crippen molar-refractivity contribution in [2.45, 2.75) is 0 Å². The largest absolute Gasteiger partial charge is 0.507 e. The molecule has 0 radical (unpaired) electrons. The number of carbonyl (C=O) groups is 1. The summed E-state index contributed by atoms with van der Waals surface area (Å²) in [6, 6.07) is 30.5. The van der Waals surface area contributed by atoms with Crippen molar-refractivity contribution >= 4 is 22.6 Å². The molecule has 0 spiro atoms. The molecule has 0 aliphatic rings. The Kier molecular flexibility index (Phi) is 10.2. The summed E-state index contributed by atoms with van der Waals surface area (Å²) in [4.78, 5) is 37.6. The highest BCUT2D eigenvalue weighted by Gasteiger charge is 2.16. The van der Waals surface area contributed by atoms with E-state index in [2.05, 4.69) is 5.32 Å². The van der Waals surface area contributed by atoms with E-state index in [0.717, 1.165) is 28.8 Å². The summed E-state index contributed by atoms with van der Waals surface area (Å²) in [5.41, 5.74) is 1.70. The van der Waals surface area contributed by atoms with Gasteiger partial charge in [-0.05, 0) is 108 Å². The van der Waals surface area contributed by atoms with E-state index in [-0.39, 0.29) is 39.1 Å². The van der Waals surface area contributed by atoms with Crippen LogP contribution in [0, 0.1) is 45.9 Å². The van der Waals surface area contributed by atoms with Crippen molar-refractivity contribution in [2.75, 3.05) is 5.32 Å². The van der Waals surface area contributed by atoms with Gasteiger partial charge in [0.1, 0.15) is 34.6 Å². The van der Waals surface area contributed by atoms with Gasteiger partial charge in [0, 0.05) is 28.9 Å². The molecular formula is C41H22F4N4O5. The molecule has 7 rings (SSSR count). The molecule has 0 fully saturated rings. The van der Waals surface area contributed by atoms with E-state index >= 15 is 0 Å². The average molecular weight is 727 g/mol. The van der Waals surface area contributed by atoms with E-state index in [1.807, 2.05) is 12.1 Å². The predicted octanol–water partition coefficient (Wildman–Crippen LogP) is 8.22. The number of anilines is 1. The summed E-state index contributed by atoms with van der Waals surface area (Å²) in [7, 11) is 0. The maximum absolute atomic E-state index is 14.1. The van der Waals surface area contributed by atoms with Crippen LogP contribution in [0.5, 0.6) is 5.75 Å². The van der Waals surface area contributed by atoms with Gasteiger partial charge in [-0.2, -0.15) is 10.5 Å². The molecule has 7 aromatic rings. The van der Waals surface area contributed by atoms with Gasteiger partial charge in [0.15, 0.2) is 0 Å². The first-order valence-corrected chi connectivity index (χ1v) is 15.7. The number of halogens is 4. The van der Waals surface area contributed by atoms with Crippen LogP contribution in [0.1, 0.15) is 21.5 Å². The van der Waals surface area contributed by atoms with Crippen molar-refractivity contribution in [1.82, 2.24) is 4.57 Å². The molecule has 0 saturated heterocycles. The number of nitrogens with one attached hydrogen (secondary N) is 1. The molecule has 0 bridgehead atoms. The van der Waals surface area contributed by atoms with Crippen LogP contribution in [0.2, 0.25) is 0 Å². The lowest BCUT2D eigenvalue weighted by Crippen LogP contribution is -2.30. The standard InChI is InChI=1S/C21H10F2N2O3.C20H12F2N2O2/c22-14-4-7-16(18(23)10-14)13-3-8-19-17(9-13)20(26)25(21(27)28-19)15-5-1-12(11-24)2-6-15;21-14-4-7-16(18(22)10-14)13-3-8-19(25)17(9-13)20(26)24-15-5-1-12(11-23)2-6-15/h1-10H;1-10,25H,(H,24,26). The second kappa shape index (κ2) is 15.2. The number of rotatable bonds is 5. The van der Waals surface area contributed by atoms with Crippen molar-refractivity contribution in [1.29, 1.82) is 10.5 Å². The number of benzene rings is 6. The zero-order chi connectivity index (χ0) is 38.5. The highest BCUT2D eigenvalue weighted by atomic mass is 19.1. The first-order valence-electron chi connectivity index (χ1n) is 15.7. The van der Waals surface area contributed by atoms with Gasteiger partial charge in [-0.1, -0.05) is 12.1 Å². The number of fused-ring (bicyclic) bond motifs is 1. The van der Waals surface area contributed by atoms with Crippen molar-refractivity contribution in [3.63, 3.8) is 0 Å². The lowest BCUT2D eigenvalue weighted by Gasteiger charge is -2.10. The van der Waals surface area contributed by atoms with Crippen molar-refractivity contribution in [2.24, 2.45) is 0 Å². The van der Waals surface area contributed by atoms with Crippen LogP contribution in [0.15, 0.2) is 135 Å². The molecule has 2 N–H and O–H groups in total. The molecule has 9 nitrogen and oxygen atoms in total. The van der Waals surface area contributed by atoms with Gasteiger partial charge in [0.25, 0.3) is 11.5 Å². The van der Waals surface area contributed by atoms with Crippen LogP contribution in [0.3, 0.4) is 0 Å². The highest BCUT2D eigenvalue weighted by Crippen LogP contribution is 2.29. The summed E-state index contributed by atoms with van der Waals surface area (Å²) in [6.45, 7) is 0. The lowest BCUT2D eigenvalue weighted by molar-refractivity contribution is 0.102. The second-order valence-electron chi connectivity index (χ2n) is 11.5. The van der Waals surface area contributed by atoms with Gasteiger partial charge >= 0.3 is 5.76 Å². The number of phenols is 1. The molecule has 54 heavy (non-hydrogen) atoms. The number of hydrogen-bond donors (Lipinski definition) is 2. The normalized spacial score (nSPS) is 10.5. The number of amides is 1. The topological polar surface area (TPSA) is 149 Å². The summed E-state index contributed by atoms with van der Waals surface area (Å²) in [5, 5.41) is 30.3. The first kappa shape index (κ1) is 36.0. The van der Waals surface area contributed by atoms with Gasteiger partial charge < -0.3 is 14.8 Å². The van der Waals surface area contributed by atoms with E-state index in [0.29, 0.717) is 27.9 Å². The predicted molar refractivity (Wildman–Crippen MR) is 191 cm³/mol. The molecule has 1 aromatic heterocycles. The monoisotopic (exact) mass is 726 g/mol. The number of carbonyl (C=O) groups excluding carboxylic acids is 1. The maximum Gasteiger partial charge on any atom is 0.426 e. The molecule has 0 unspecified atom stereocenters. The third kappa shape index (κ3) is 7.61. The van der Waals surface area contributed by atoms with E-state index in [1.165, 1.54) is 72.8 Å². The Morgan fingerprint density at radius 2 is 1.20 bits per heavy atom. The molecule has 1 heterocycles. The number of nitrogens with zero attached hydrogens (tertiary/aromatic N) is 3. The van der Waals surface area contributed by atoms with E-state index in [9.17, 15) is 37.1 Å². The van der Waals surface area contributed by atoms with Gasteiger partial charge in [-0.15, -0.1) is 0 Å². The Morgan fingerprint density at radius 3 is 1.76 bits per heavy atom. The summed E-state index contributed by atoms with van der Waals surface area (Å²) in [5.74, 6) is -4.72. The van der Waals surface area contributed by atoms with E-state index < -0.39 is 40.5 Å². The second-order valence-corrected chi connectivity index (χ2v) is 11.5. The van der Waals surface area contributed by atoms with E-state index in [4.69, 9.17) is 14.9 Å². The maximum atomic E-state index is 14.1. The number of aromatic nitrogens is 1. The fraction of sp³-hybridized carbons (Fsp3) is 0. The number of hydrogen-bond acceptors (Lipinski definition) is 7. The summed E-state index contributed by atoms with van der Waals surface area (Å²) >= 11 is 0. The molecule has 0 atom stereocenters. The number of phenolic OH excluding ortho intramolecular Hbond substituents is 1. The molecule has 0 saturated carbocycles. The van der Waals surface area contributed by atoms with Crippen molar-refractivity contribution in [3.8, 4) is 45.8 Å². The summed E-state index contributed by atoms with van der Waals surface area (Å²) < 4.78 is 60.3. The molecule has 1 amide bonds. The van der Waals surface area contributed by atoms with Crippen LogP contribution in [0.4, 0.5) is 23.2 Å². The van der Waals surface area contributed by atoms with Gasteiger partial charge in [0.2, 0.25) is 0 Å². The number of nitriles is 2. The molecule has 6 aromatic carbocycles. The van der Waals surface area contributed by atoms with E-state index in [1.54, 1.807) is 24.3 Å². The quantitative estimate of drug-likeness (QED) is 0.170. The summed E-state index contributed by atoms with van der Waals surface area (Å²) in [6.07, 6.45) is 0. The third-order valence-corrected chi connectivity index (χ3v) is 8.04. The molecular weight excluding hydrogens is 704 g/mol. The minimum Gasteiger partial charge on any atom is -0.507 e. The SMILES string of the molecule is N#Cc1ccc(-n2c(=O)oc3ccc(-c4ccc(F)cc4F)cc3c2=O)cc1.N#Cc1ccc(NC(=O)c2cc(-c3ccc(F)cc3F)ccc2O)cc1. The third-order valence-electron chi connectivity index (χ3n) is 8.04. The fourth-order valence-electron chi connectivity index (χ4n) is 5.36. The Hall–Kier alpha value is -7.77. The van der Waals surface area contributed by atoms with Crippen molar-refractivity contribution < 1.29 is 31.9 Å².